The molecule has 6 aromatic rings. The second-order valence-corrected chi connectivity index (χ2v) is 8.20. The fourth-order valence-corrected chi connectivity index (χ4v) is 4.01. The molecular weight excluding hydrogens is 482 g/mol. The molecular formula is C28H17N7O3. The van der Waals surface area contributed by atoms with Gasteiger partial charge in [0.2, 0.25) is 0 Å². The summed E-state index contributed by atoms with van der Waals surface area (Å²) in [7, 11) is 0. The smallest absolute Gasteiger partial charge is 0.324 e. The average molecular weight is 499 g/mol. The van der Waals surface area contributed by atoms with Crippen molar-refractivity contribution in [3.63, 3.8) is 0 Å². The molecule has 10 nitrogen and oxygen atoms in total. The Morgan fingerprint density at radius 3 is 2.58 bits per heavy atom. The number of nitrogens with zero attached hydrogens (tertiary/aromatic N) is 6. The van der Waals surface area contributed by atoms with Gasteiger partial charge in [-0.2, -0.15) is 14.8 Å². The van der Waals surface area contributed by atoms with Gasteiger partial charge in [-0.05, 0) is 35.7 Å². The maximum absolute atomic E-state index is 13.1. The fourth-order valence-electron chi connectivity index (χ4n) is 4.01. The molecule has 0 aliphatic carbocycles. The van der Waals surface area contributed by atoms with Gasteiger partial charge in [0, 0.05) is 11.1 Å². The molecule has 4 aromatic carbocycles. The highest BCUT2D eigenvalue weighted by Crippen LogP contribution is 2.41. The number of aromatic nitrogens is 3. The van der Waals surface area contributed by atoms with Gasteiger partial charge < -0.3 is 14.8 Å². The molecule has 0 aliphatic rings. The Hall–Kier alpha value is -5.82. The molecule has 1 amide bonds. The van der Waals surface area contributed by atoms with Crippen molar-refractivity contribution < 1.29 is 14.3 Å². The van der Waals surface area contributed by atoms with Crippen molar-refractivity contribution in [3.8, 4) is 11.8 Å². The van der Waals surface area contributed by atoms with Crippen molar-refractivity contribution in [1.82, 2.24) is 14.8 Å². The zero-order chi connectivity index (χ0) is 26.1. The summed E-state index contributed by atoms with van der Waals surface area (Å²) < 4.78 is 7.05. The molecule has 10 heteroatoms. The second kappa shape index (κ2) is 9.33. The molecule has 0 spiro atoms. The highest BCUT2D eigenvalue weighted by Gasteiger charge is 2.20. The molecule has 0 fully saturated rings. The van der Waals surface area contributed by atoms with Crippen molar-refractivity contribution in [2.45, 2.75) is 0 Å². The van der Waals surface area contributed by atoms with Crippen LogP contribution in [0.2, 0.25) is 0 Å². The number of benzene rings is 4. The van der Waals surface area contributed by atoms with Crippen molar-refractivity contribution in [1.29, 1.82) is 0 Å². The van der Waals surface area contributed by atoms with Gasteiger partial charge in [0.05, 0.1) is 18.3 Å². The van der Waals surface area contributed by atoms with E-state index in [0.29, 0.717) is 27.6 Å². The monoisotopic (exact) mass is 499 g/mol. The topological polar surface area (TPSA) is 122 Å². The number of carbonyl (C=O) groups is 1. The van der Waals surface area contributed by atoms with Crippen LogP contribution in [0.15, 0.2) is 106 Å². The third-order valence-electron chi connectivity index (χ3n) is 5.83. The average Bonchev–Trinajstić information content (AvgIpc) is 3.56. The van der Waals surface area contributed by atoms with Gasteiger partial charge in [0.1, 0.15) is 11.2 Å². The molecule has 0 saturated heterocycles. The SMILES string of the molecule is [C-]#[N+]c1cnn(-c2nc3ccccc3o2)c1/N=N/c1c(O)c(C(=O)Nc2ccccc2)cc2ccccc12. The first kappa shape index (κ1) is 22.6. The summed E-state index contributed by atoms with van der Waals surface area (Å²) in [6.07, 6.45) is 1.33. The summed E-state index contributed by atoms with van der Waals surface area (Å²) in [5, 5.41) is 27.9. The van der Waals surface area contributed by atoms with Gasteiger partial charge >= 0.3 is 6.01 Å². The van der Waals surface area contributed by atoms with E-state index in [-0.39, 0.29) is 34.5 Å². The molecule has 2 aromatic heterocycles. The summed E-state index contributed by atoms with van der Waals surface area (Å²) in [6.45, 7) is 7.54. The Morgan fingerprint density at radius 1 is 1.00 bits per heavy atom. The third-order valence-corrected chi connectivity index (χ3v) is 5.83. The van der Waals surface area contributed by atoms with Gasteiger partial charge in [0.15, 0.2) is 17.2 Å². The number of anilines is 1. The van der Waals surface area contributed by atoms with Crippen molar-refractivity contribution in [2.75, 3.05) is 5.32 Å². The number of phenolic OH excluding ortho intramolecular Hbond substituents is 1. The van der Waals surface area contributed by atoms with Crippen LogP contribution < -0.4 is 5.32 Å². The van der Waals surface area contributed by atoms with E-state index in [1.165, 1.54) is 10.9 Å². The van der Waals surface area contributed by atoms with E-state index < -0.39 is 5.91 Å². The van der Waals surface area contributed by atoms with E-state index >= 15 is 0 Å². The van der Waals surface area contributed by atoms with Crippen LogP contribution in [-0.2, 0) is 0 Å². The highest BCUT2D eigenvalue weighted by molar-refractivity contribution is 6.11. The van der Waals surface area contributed by atoms with Gasteiger partial charge in [-0.3, -0.25) is 4.79 Å². The van der Waals surface area contributed by atoms with Crippen LogP contribution in [0.25, 0.3) is 32.7 Å². The summed E-state index contributed by atoms with van der Waals surface area (Å²) in [5.74, 6) is -0.790. The largest absolute Gasteiger partial charge is 0.505 e. The Balaban J connectivity index is 1.45. The zero-order valence-electron chi connectivity index (χ0n) is 19.6. The number of hydrogen-bond acceptors (Lipinski definition) is 7. The predicted octanol–water partition coefficient (Wildman–Crippen LogP) is 7.09. The van der Waals surface area contributed by atoms with Gasteiger partial charge in [0.25, 0.3) is 11.6 Å². The molecule has 38 heavy (non-hydrogen) atoms. The number of carbonyl (C=O) groups excluding carboxylic acids is 1. The minimum Gasteiger partial charge on any atom is -0.505 e. The lowest BCUT2D eigenvalue weighted by Crippen LogP contribution is -2.12. The molecule has 0 radical (unpaired) electrons. The lowest BCUT2D eigenvalue weighted by molar-refractivity contribution is 0.102. The van der Waals surface area contributed by atoms with Gasteiger partial charge in [-0.25, -0.2) is 4.85 Å². The molecule has 0 saturated carbocycles. The van der Waals surface area contributed by atoms with Crippen molar-refractivity contribution in [3.05, 3.63) is 108 Å². The minimum absolute atomic E-state index is 0.0272. The van der Waals surface area contributed by atoms with E-state index in [4.69, 9.17) is 11.0 Å². The maximum atomic E-state index is 13.1. The van der Waals surface area contributed by atoms with Crippen LogP contribution in [0.5, 0.6) is 5.75 Å². The quantitative estimate of drug-likeness (QED) is 0.194. The van der Waals surface area contributed by atoms with Gasteiger partial charge in [-0.1, -0.05) is 54.6 Å². The lowest BCUT2D eigenvalue weighted by atomic mass is 10.0. The number of aromatic hydroxyl groups is 1. The standard InChI is InChI=1S/C28H17N7O3/c1-29-22-16-30-35(28-32-21-13-7-8-14-23(21)38-28)26(22)34-33-24-19-12-6-5-9-17(19)15-20(25(24)36)27(37)31-18-10-3-2-4-11-18/h2-16,36H,(H,31,37)/b34-33+. The number of oxazole rings is 1. The number of hydrogen-bond donors (Lipinski definition) is 2. The Morgan fingerprint density at radius 2 is 1.76 bits per heavy atom. The number of nitrogens with one attached hydrogen (secondary N) is 1. The molecule has 182 valence electrons. The maximum Gasteiger partial charge on any atom is 0.324 e. The zero-order valence-corrected chi connectivity index (χ0v) is 19.6. The first-order valence-corrected chi connectivity index (χ1v) is 11.5. The second-order valence-electron chi connectivity index (χ2n) is 8.20. The Labute approximate surface area is 215 Å². The van der Waals surface area contributed by atoms with E-state index in [1.807, 2.05) is 24.3 Å². The van der Waals surface area contributed by atoms with Crippen LogP contribution in [0.3, 0.4) is 0 Å². The number of azo groups is 1. The molecule has 0 atom stereocenters. The summed E-state index contributed by atoms with van der Waals surface area (Å²) in [6, 6.07) is 25.0. The molecule has 0 bridgehead atoms. The first-order chi connectivity index (χ1) is 18.6. The number of amides is 1. The Kier molecular flexibility index (Phi) is 5.56. The minimum atomic E-state index is -0.505. The van der Waals surface area contributed by atoms with Crippen LogP contribution in [0.1, 0.15) is 10.4 Å². The number of phenols is 1. The molecule has 2 heterocycles. The van der Waals surface area contributed by atoms with Crippen LogP contribution in [0, 0.1) is 6.57 Å². The summed E-state index contributed by atoms with van der Waals surface area (Å²) in [4.78, 5) is 21.0. The summed E-state index contributed by atoms with van der Waals surface area (Å²) >= 11 is 0. The van der Waals surface area contributed by atoms with Crippen LogP contribution >= 0.6 is 0 Å². The normalized spacial score (nSPS) is 11.2. The van der Waals surface area contributed by atoms with E-state index in [9.17, 15) is 9.90 Å². The number of para-hydroxylation sites is 3. The predicted molar refractivity (Wildman–Crippen MR) is 142 cm³/mol. The lowest BCUT2D eigenvalue weighted by Gasteiger charge is -2.11. The van der Waals surface area contributed by atoms with Crippen LogP contribution in [0.4, 0.5) is 22.9 Å². The van der Waals surface area contributed by atoms with Gasteiger partial charge in [-0.15, -0.1) is 10.2 Å². The number of fused-ring (bicyclic) bond motifs is 2. The highest BCUT2D eigenvalue weighted by atomic mass is 16.4. The van der Waals surface area contributed by atoms with Crippen molar-refractivity contribution >= 4 is 50.7 Å². The molecule has 0 aliphatic heterocycles. The fraction of sp³-hybridized carbons (Fsp3) is 0. The molecule has 0 unspecified atom stereocenters. The first-order valence-electron chi connectivity index (χ1n) is 11.5. The van der Waals surface area contributed by atoms with Crippen molar-refractivity contribution in [2.24, 2.45) is 10.2 Å². The van der Waals surface area contributed by atoms with E-state index in [2.05, 4.69) is 30.5 Å². The number of rotatable bonds is 5. The van der Waals surface area contributed by atoms with E-state index in [1.54, 1.807) is 60.7 Å². The Bertz CT molecular complexity index is 1870. The van der Waals surface area contributed by atoms with E-state index in [0.717, 1.165) is 0 Å². The summed E-state index contributed by atoms with van der Waals surface area (Å²) in [5.41, 5.74) is 1.95. The molecule has 2 N–H and O–H groups in total. The molecule has 6 rings (SSSR count). The third kappa shape index (κ3) is 4.00. The van der Waals surface area contributed by atoms with Crippen LogP contribution in [-0.4, -0.2) is 25.8 Å².